The first-order valence-corrected chi connectivity index (χ1v) is 8.11. The van der Waals surface area contributed by atoms with Crippen molar-refractivity contribution in [3.8, 4) is 0 Å². The number of carbonyl (C=O) groups is 1. The molecular formula is C16H17FN4OS. The first-order chi connectivity index (χ1) is 11.0. The molecule has 120 valence electrons. The normalized spacial score (nSPS) is 11.1. The number of anilines is 1. The lowest BCUT2D eigenvalue weighted by molar-refractivity contribution is 0.0952. The smallest absolute Gasteiger partial charge is 0.279 e. The fourth-order valence-corrected chi connectivity index (χ4v) is 3.11. The lowest BCUT2D eigenvalue weighted by Crippen LogP contribution is -2.44. The minimum atomic E-state index is -0.301. The van der Waals surface area contributed by atoms with Gasteiger partial charge in [0.25, 0.3) is 5.91 Å². The third kappa shape index (κ3) is 3.50. The summed E-state index contributed by atoms with van der Waals surface area (Å²) in [5.41, 5.74) is 3.65. The quantitative estimate of drug-likeness (QED) is 0.702. The van der Waals surface area contributed by atoms with E-state index in [2.05, 4.69) is 29.5 Å². The van der Waals surface area contributed by atoms with Crippen molar-refractivity contribution in [1.82, 2.24) is 15.6 Å². The summed E-state index contributed by atoms with van der Waals surface area (Å²) in [6.07, 6.45) is 1.69. The Morgan fingerprint density at radius 3 is 2.78 bits per heavy atom. The number of hydrogen-bond acceptors (Lipinski definition) is 4. The molecular weight excluding hydrogens is 315 g/mol. The predicted molar refractivity (Wildman–Crippen MR) is 90.0 cm³/mol. The number of aromatic amines is 1. The van der Waals surface area contributed by atoms with Crippen molar-refractivity contribution < 1.29 is 9.18 Å². The van der Waals surface area contributed by atoms with Gasteiger partial charge < -0.3 is 0 Å². The molecule has 0 aliphatic rings. The molecule has 3 aromatic rings. The number of H-pyrrole nitrogens is 1. The van der Waals surface area contributed by atoms with Crippen LogP contribution in [-0.2, 0) is 0 Å². The summed E-state index contributed by atoms with van der Waals surface area (Å²) in [6.45, 7) is 4.74. The first kappa shape index (κ1) is 15.5. The Morgan fingerprint density at radius 2 is 2.13 bits per heavy atom. The SMILES string of the molecule is CC(C)CN(NC(=O)c1cc2cn[nH]c2s1)c1ccc(F)cc1. The Hall–Kier alpha value is -2.41. The van der Waals surface area contributed by atoms with Gasteiger partial charge in [0, 0.05) is 11.9 Å². The van der Waals surface area contributed by atoms with Crippen molar-refractivity contribution in [2.75, 3.05) is 11.6 Å². The Bertz CT molecular complexity index is 780. The van der Waals surface area contributed by atoms with Gasteiger partial charge in [-0.2, -0.15) is 5.10 Å². The Kier molecular flexibility index (Phi) is 4.29. The van der Waals surface area contributed by atoms with Crippen LogP contribution in [0, 0.1) is 11.7 Å². The van der Waals surface area contributed by atoms with Crippen LogP contribution in [0.25, 0.3) is 10.2 Å². The van der Waals surface area contributed by atoms with Crippen molar-refractivity contribution in [3.05, 3.63) is 47.2 Å². The Balaban J connectivity index is 1.80. The maximum absolute atomic E-state index is 13.1. The van der Waals surface area contributed by atoms with Crippen molar-refractivity contribution in [2.45, 2.75) is 13.8 Å². The molecule has 7 heteroatoms. The van der Waals surface area contributed by atoms with E-state index in [1.54, 1.807) is 29.4 Å². The van der Waals surface area contributed by atoms with E-state index in [1.165, 1.54) is 23.5 Å². The third-order valence-electron chi connectivity index (χ3n) is 3.28. The summed E-state index contributed by atoms with van der Waals surface area (Å²) in [6, 6.07) is 7.88. The number of nitrogens with zero attached hydrogens (tertiary/aromatic N) is 2. The van der Waals surface area contributed by atoms with E-state index in [4.69, 9.17) is 0 Å². The average Bonchev–Trinajstić information content (AvgIpc) is 3.08. The number of carbonyl (C=O) groups excluding carboxylic acids is 1. The summed E-state index contributed by atoms with van der Waals surface area (Å²) in [7, 11) is 0. The summed E-state index contributed by atoms with van der Waals surface area (Å²) in [5.74, 6) is -0.156. The molecule has 0 atom stereocenters. The third-order valence-corrected chi connectivity index (χ3v) is 4.33. The molecule has 23 heavy (non-hydrogen) atoms. The number of hydrazine groups is 1. The van der Waals surface area contributed by atoms with Crippen molar-refractivity contribution in [1.29, 1.82) is 0 Å². The number of halogens is 1. The van der Waals surface area contributed by atoms with Gasteiger partial charge in [-0.1, -0.05) is 13.8 Å². The molecule has 0 bridgehead atoms. The van der Waals surface area contributed by atoms with E-state index >= 15 is 0 Å². The van der Waals surface area contributed by atoms with E-state index in [-0.39, 0.29) is 11.7 Å². The highest BCUT2D eigenvalue weighted by molar-refractivity contribution is 7.20. The molecule has 2 aromatic heterocycles. The van der Waals surface area contributed by atoms with Crippen LogP contribution in [0.5, 0.6) is 0 Å². The van der Waals surface area contributed by atoms with Crippen LogP contribution in [0.2, 0.25) is 0 Å². The average molecular weight is 332 g/mol. The number of hydrogen-bond donors (Lipinski definition) is 2. The van der Waals surface area contributed by atoms with E-state index in [9.17, 15) is 9.18 Å². The highest BCUT2D eigenvalue weighted by Gasteiger charge is 2.16. The molecule has 2 heterocycles. The van der Waals surface area contributed by atoms with Gasteiger partial charge in [-0.25, -0.2) is 4.39 Å². The predicted octanol–water partition coefficient (Wildman–Crippen LogP) is 3.57. The highest BCUT2D eigenvalue weighted by atomic mass is 32.1. The van der Waals surface area contributed by atoms with Gasteiger partial charge >= 0.3 is 0 Å². The lowest BCUT2D eigenvalue weighted by atomic mass is 10.2. The second kappa shape index (κ2) is 6.37. The maximum atomic E-state index is 13.1. The summed E-state index contributed by atoms with van der Waals surface area (Å²) >= 11 is 1.35. The first-order valence-electron chi connectivity index (χ1n) is 7.30. The van der Waals surface area contributed by atoms with Crippen molar-refractivity contribution >= 4 is 33.1 Å². The van der Waals surface area contributed by atoms with Gasteiger partial charge in [0.1, 0.15) is 10.6 Å². The topological polar surface area (TPSA) is 61.0 Å². The number of rotatable bonds is 5. The molecule has 1 amide bonds. The van der Waals surface area contributed by atoms with Crippen molar-refractivity contribution in [2.24, 2.45) is 5.92 Å². The Morgan fingerprint density at radius 1 is 1.39 bits per heavy atom. The zero-order valence-corrected chi connectivity index (χ0v) is 13.7. The monoisotopic (exact) mass is 332 g/mol. The van der Waals surface area contributed by atoms with Gasteiger partial charge in [0.05, 0.1) is 16.8 Å². The molecule has 0 saturated carbocycles. The number of aromatic nitrogens is 2. The van der Waals surface area contributed by atoms with Crippen LogP contribution in [0.3, 0.4) is 0 Å². The van der Waals surface area contributed by atoms with E-state index in [1.807, 2.05) is 0 Å². The molecule has 3 rings (SSSR count). The zero-order chi connectivity index (χ0) is 16.4. The molecule has 0 spiro atoms. The fourth-order valence-electron chi connectivity index (χ4n) is 2.24. The van der Waals surface area contributed by atoms with Gasteiger partial charge in [0.2, 0.25) is 0 Å². The van der Waals surface area contributed by atoms with Crippen LogP contribution < -0.4 is 10.4 Å². The van der Waals surface area contributed by atoms with E-state index < -0.39 is 0 Å². The van der Waals surface area contributed by atoms with Crippen LogP contribution in [0.1, 0.15) is 23.5 Å². The van der Waals surface area contributed by atoms with Gasteiger partial charge in [0.15, 0.2) is 0 Å². The number of amides is 1. The van der Waals surface area contributed by atoms with E-state index in [0.717, 1.165) is 15.9 Å². The molecule has 0 unspecified atom stereocenters. The molecule has 5 nitrogen and oxygen atoms in total. The molecule has 2 N–H and O–H groups in total. The standard InChI is InChI=1S/C16H17FN4OS/c1-10(2)9-21(13-5-3-12(17)4-6-13)20-15(22)14-7-11-8-18-19-16(11)23-14/h3-8,10H,9H2,1-2H3,(H,18,19)(H,20,22). The van der Waals surface area contributed by atoms with Crippen LogP contribution in [0.15, 0.2) is 36.5 Å². The number of thiophene rings is 1. The fraction of sp³-hybridized carbons (Fsp3) is 0.250. The number of fused-ring (bicyclic) bond motifs is 1. The summed E-state index contributed by atoms with van der Waals surface area (Å²) in [4.78, 5) is 14.0. The van der Waals surface area contributed by atoms with Gasteiger partial charge in [-0.05, 0) is 36.2 Å². The molecule has 0 saturated heterocycles. The molecule has 0 aliphatic heterocycles. The summed E-state index contributed by atoms with van der Waals surface area (Å²) in [5, 5.41) is 9.44. The second-order valence-corrected chi connectivity index (χ2v) is 6.74. The van der Waals surface area contributed by atoms with Crippen LogP contribution in [-0.4, -0.2) is 22.6 Å². The molecule has 0 aliphatic carbocycles. The van der Waals surface area contributed by atoms with Crippen LogP contribution in [0.4, 0.5) is 10.1 Å². The minimum Gasteiger partial charge on any atom is -0.285 e. The van der Waals surface area contributed by atoms with Gasteiger partial charge in [-0.3, -0.25) is 20.3 Å². The van der Waals surface area contributed by atoms with Crippen molar-refractivity contribution in [3.63, 3.8) is 0 Å². The lowest BCUT2D eigenvalue weighted by Gasteiger charge is -2.26. The van der Waals surface area contributed by atoms with Crippen LogP contribution >= 0.6 is 11.3 Å². The number of benzene rings is 1. The second-order valence-electron chi connectivity index (χ2n) is 5.69. The summed E-state index contributed by atoms with van der Waals surface area (Å²) < 4.78 is 13.1. The highest BCUT2D eigenvalue weighted by Crippen LogP contribution is 2.23. The van der Waals surface area contributed by atoms with Gasteiger partial charge in [-0.15, -0.1) is 11.3 Å². The molecule has 0 radical (unpaired) electrons. The number of nitrogens with one attached hydrogen (secondary N) is 2. The Labute approximate surface area is 137 Å². The zero-order valence-electron chi connectivity index (χ0n) is 12.8. The maximum Gasteiger partial charge on any atom is 0.279 e. The van der Waals surface area contributed by atoms with E-state index in [0.29, 0.717) is 17.3 Å². The largest absolute Gasteiger partial charge is 0.285 e. The molecule has 0 fully saturated rings. The minimum absolute atomic E-state index is 0.190. The molecule has 1 aromatic carbocycles.